The predicted octanol–water partition coefficient (Wildman–Crippen LogP) is 5.69. The smallest absolute Gasteiger partial charge is 0.381 e. The second-order valence-electron chi connectivity index (χ2n) is 4.43. The van der Waals surface area contributed by atoms with Crippen molar-refractivity contribution in [2.75, 3.05) is 11.6 Å². The quantitative estimate of drug-likeness (QED) is 0.722. The molecule has 0 radical (unpaired) electrons. The third kappa shape index (κ3) is 4.58. The standard InChI is InChI=1S/C15H13ClF3NS/c1-21-14-4-2-10(3-5-14)9-20-13-7-11(15(17,18)19)6-12(16)8-13/h2-8,20H,9H2,1H3. The van der Waals surface area contributed by atoms with Crippen molar-refractivity contribution in [1.82, 2.24) is 0 Å². The van der Waals surface area contributed by atoms with E-state index in [1.807, 2.05) is 30.5 Å². The largest absolute Gasteiger partial charge is 0.416 e. The molecule has 0 amide bonds. The zero-order valence-corrected chi connectivity index (χ0v) is 12.7. The summed E-state index contributed by atoms with van der Waals surface area (Å²) in [6, 6.07) is 11.3. The van der Waals surface area contributed by atoms with Gasteiger partial charge in [0.1, 0.15) is 0 Å². The van der Waals surface area contributed by atoms with Gasteiger partial charge in [0, 0.05) is 22.2 Å². The first-order valence-electron chi connectivity index (χ1n) is 6.13. The Morgan fingerprint density at radius 2 is 1.76 bits per heavy atom. The van der Waals surface area contributed by atoms with Crippen LogP contribution in [0.4, 0.5) is 18.9 Å². The number of rotatable bonds is 4. The molecule has 0 aromatic heterocycles. The maximum atomic E-state index is 12.7. The molecule has 1 N–H and O–H groups in total. The lowest BCUT2D eigenvalue weighted by molar-refractivity contribution is -0.137. The first kappa shape index (κ1) is 16.0. The van der Waals surface area contributed by atoms with E-state index in [4.69, 9.17) is 11.6 Å². The third-order valence-corrected chi connectivity index (χ3v) is 3.84. The molecule has 112 valence electrons. The normalized spacial score (nSPS) is 11.5. The topological polar surface area (TPSA) is 12.0 Å². The molecule has 21 heavy (non-hydrogen) atoms. The lowest BCUT2D eigenvalue weighted by Gasteiger charge is -2.12. The van der Waals surface area contributed by atoms with E-state index in [1.165, 1.54) is 6.07 Å². The molecule has 0 heterocycles. The minimum absolute atomic E-state index is 0.0602. The summed E-state index contributed by atoms with van der Waals surface area (Å²) in [5, 5.41) is 3.02. The minimum atomic E-state index is -4.40. The summed E-state index contributed by atoms with van der Waals surface area (Å²) in [6.45, 7) is 0.437. The second kappa shape index (κ2) is 6.62. The fourth-order valence-corrected chi connectivity index (χ4v) is 2.45. The number of halogens is 4. The fourth-order valence-electron chi connectivity index (χ4n) is 1.80. The first-order chi connectivity index (χ1) is 9.88. The van der Waals surface area contributed by atoms with Gasteiger partial charge in [0.05, 0.1) is 5.56 Å². The highest BCUT2D eigenvalue weighted by Crippen LogP contribution is 2.33. The summed E-state index contributed by atoms with van der Waals surface area (Å²) in [5.74, 6) is 0. The molecule has 2 rings (SSSR count). The molecular formula is C15H13ClF3NS. The van der Waals surface area contributed by atoms with E-state index in [0.717, 1.165) is 22.6 Å². The van der Waals surface area contributed by atoms with Gasteiger partial charge in [-0.15, -0.1) is 11.8 Å². The van der Waals surface area contributed by atoms with Gasteiger partial charge in [-0.05, 0) is 42.2 Å². The van der Waals surface area contributed by atoms with Gasteiger partial charge in [-0.1, -0.05) is 23.7 Å². The van der Waals surface area contributed by atoms with Crippen molar-refractivity contribution in [1.29, 1.82) is 0 Å². The average Bonchev–Trinajstić information content (AvgIpc) is 2.44. The van der Waals surface area contributed by atoms with Crippen LogP contribution in [0.1, 0.15) is 11.1 Å². The van der Waals surface area contributed by atoms with E-state index in [-0.39, 0.29) is 5.02 Å². The van der Waals surface area contributed by atoms with E-state index in [0.29, 0.717) is 12.2 Å². The molecule has 0 fully saturated rings. The Kier molecular flexibility index (Phi) is 5.06. The Balaban J connectivity index is 2.10. The highest BCUT2D eigenvalue weighted by Gasteiger charge is 2.31. The van der Waals surface area contributed by atoms with Crippen LogP contribution >= 0.6 is 23.4 Å². The van der Waals surface area contributed by atoms with Crippen LogP contribution in [0.5, 0.6) is 0 Å². The van der Waals surface area contributed by atoms with Crippen LogP contribution in [0, 0.1) is 0 Å². The molecule has 0 bridgehead atoms. The molecule has 0 saturated carbocycles. The van der Waals surface area contributed by atoms with Crippen LogP contribution in [0.15, 0.2) is 47.4 Å². The summed E-state index contributed by atoms with van der Waals surface area (Å²) in [5.41, 5.74) is 0.584. The summed E-state index contributed by atoms with van der Waals surface area (Å²) >= 11 is 7.37. The van der Waals surface area contributed by atoms with Gasteiger partial charge in [-0.25, -0.2) is 0 Å². The van der Waals surface area contributed by atoms with Crippen molar-refractivity contribution in [2.24, 2.45) is 0 Å². The molecule has 0 aliphatic carbocycles. The van der Waals surface area contributed by atoms with Crippen LogP contribution in [-0.4, -0.2) is 6.26 Å². The summed E-state index contributed by atoms with van der Waals surface area (Å²) in [6.07, 6.45) is -2.42. The van der Waals surface area contributed by atoms with Gasteiger partial charge < -0.3 is 5.32 Å². The average molecular weight is 332 g/mol. The van der Waals surface area contributed by atoms with Crippen LogP contribution in [0.2, 0.25) is 5.02 Å². The lowest BCUT2D eigenvalue weighted by atomic mass is 10.1. The number of alkyl halides is 3. The molecule has 0 saturated heterocycles. The fraction of sp³-hybridized carbons (Fsp3) is 0.200. The monoisotopic (exact) mass is 331 g/mol. The van der Waals surface area contributed by atoms with E-state index in [1.54, 1.807) is 11.8 Å². The van der Waals surface area contributed by atoms with E-state index < -0.39 is 11.7 Å². The van der Waals surface area contributed by atoms with Gasteiger partial charge in [0.15, 0.2) is 0 Å². The van der Waals surface area contributed by atoms with Crippen molar-refractivity contribution in [3.05, 3.63) is 58.6 Å². The molecule has 0 atom stereocenters. The van der Waals surface area contributed by atoms with Crippen molar-refractivity contribution < 1.29 is 13.2 Å². The highest BCUT2D eigenvalue weighted by molar-refractivity contribution is 7.98. The minimum Gasteiger partial charge on any atom is -0.381 e. The van der Waals surface area contributed by atoms with Gasteiger partial charge in [-0.2, -0.15) is 13.2 Å². The molecule has 2 aromatic carbocycles. The summed E-state index contributed by atoms with van der Waals surface area (Å²) < 4.78 is 38.1. The number of nitrogens with one attached hydrogen (secondary N) is 1. The zero-order valence-electron chi connectivity index (χ0n) is 11.2. The number of hydrogen-bond donors (Lipinski definition) is 1. The Morgan fingerprint density at radius 1 is 1.10 bits per heavy atom. The van der Waals surface area contributed by atoms with Crippen LogP contribution in [0.25, 0.3) is 0 Å². The summed E-state index contributed by atoms with van der Waals surface area (Å²) in [4.78, 5) is 1.14. The zero-order chi connectivity index (χ0) is 15.5. The Bertz CT molecular complexity index is 611. The lowest BCUT2D eigenvalue weighted by Crippen LogP contribution is -2.06. The van der Waals surface area contributed by atoms with Gasteiger partial charge in [0.25, 0.3) is 0 Å². The Hall–Kier alpha value is -1.33. The molecule has 0 aliphatic heterocycles. The Labute approximate surface area is 130 Å². The van der Waals surface area contributed by atoms with E-state index in [9.17, 15) is 13.2 Å². The molecule has 1 nitrogen and oxygen atoms in total. The van der Waals surface area contributed by atoms with Crippen molar-refractivity contribution in [2.45, 2.75) is 17.6 Å². The number of benzene rings is 2. The maximum absolute atomic E-state index is 12.7. The number of hydrogen-bond acceptors (Lipinski definition) is 2. The van der Waals surface area contributed by atoms with Crippen molar-refractivity contribution >= 4 is 29.1 Å². The maximum Gasteiger partial charge on any atom is 0.416 e. The highest BCUT2D eigenvalue weighted by atomic mass is 35.5. The third-order valence-electron chi connectivity index (χ3n) is 2.88. The number of anilines is 1. The SMILES string of the molecule is CSc1ccc(CNc2cc(Cl)cc(C(F)(F)F)c2)cc1. The molecule has 2 aromatic rings. The van der Waals surface area contributed by atoms with Crippen LogP contribution in [-0.2, 0) is 12.7 Å². The van der Waals surface area contributed by atoms with Gasteiger partial charge in [0.2, 0.25) is 0 Å². The van der Waals surface area contributed by atoms with Gasteiger partial charge >= 0.3 is 6.18 Å². The number of thioether (sulfide) groups is 1. The first-order valence-corrected chi connectivity index (χ1v) is 7.73. The van der Waals surface area contributed by atoms with Crippen molar-refractivity contribution in [3.8, 4) is 0 Å². The second-order valence-corrected chi connectivity index (χ2v) is 5.74. The van der Waals surface area contributed by atoms with Crippen LogP contribution < -0.4 is 5.32 Å². The van der Waals surface area contributed by atoms with E-state index >= 15 is 0 Å². The van der Waals surface area contributed by atoms with Crippen LogP contribution in [0.3, 0.4) is 0 Å². The molecular weight excluding hydrogens is 319 g/mol. The van der Waals surface area contributed by atoms with Gasteiger partial charge in [-0.3, -0.25) is 0 Å². The van der Waals surface area contributed by atoms with Crippen molar-refractivity contribution in [3.63, 3.8) is 0 Å². The molecule has 0 aliphatic rings. The van der Waals surface area contributed by atoms with E-state index in [2.05, 4.69) is 5.32 Å². The molecule has 6 heteroatoms. The molecule has 0 spiro atoms. The Morgan fingerprint density at radius 3 is 2.33 bits per heavy atom. The summed E-state index contributed by atoms with van der Waals surface area (Å²) in [7, 11) is 0. The predicted molar refractivity (Wildman–Crippen MR) is 82.0 cm³/mol. The molecule has 0 unspecified atom stereocenters.